The van der Waals surface area contributed by atoms with Gasteiger partial charge < -0.3 is 10.2 Å². The third-order valence-electron chi connectivity index (χ3n) is 0. The van der Waals surface area contributed by atoms with Crippen LogP contribution in [0.2, 0.25) is 0 Å². The van der Waals surface area contributed by atoms with E-state index in [4.69, 9.17) is 10.2 Å². The van der Waals surface area contributed by atoms with Gasteiger partial charge in [0.15, 0.2) is 0 Å². The van der Waals surface area contributed by atoms with Crippen LogP contribution in [0.1, 0.15) is 13.8 Å². The molecule has 0 fully saturated rings. The molecule has 54 valence electrons. The highest BCUT2D eigenvalue weighted by Crippen LogP contribution is 1.65. The van der Waals surface area contributed by atoms with Gasteiger partial charge in [-0.15, -0.1) is 23.3 Å². The first-order valence-electron chi connectivity index (χ1n) is 2.25. The van der Waals surface area contributed by atoms with Crippen LogP contribution < -0.4 is 0 Å². The first-order valence-corrected chi connectivity index (χ1v) is 3.85. The zero-order valence-corrected chi connectivity index (χ0v) is 6.99. The lowest BCUT2D eigenvalue weighted by molar-refractivity contribution is 0.318. The van der Waals surface area contributed by atoms with Crippen LogP contribution in [-0.2, 0) is 0 Å². The quantitative estimate of drug-likeness (QED) is 0.310. The lowest BCUT2D eigenvalue weighted by atomic mass is 10.9. The van der Waals surface area contributed by atoms with Crippen molar-refractivity contribution >= 4 is 23.3 Å². The number of aliphatic hydroxyl groups is 2. The molecule has 8 heavy (non-hydrogen) atoms. The first-order chi connectivity index (χ1) is 3.83. The SMILES string of the molecule is CCO.CCO.SS. The highest BCUT2D eigenvalue weighted by atomic mass is 33.1. The summed E-state index contributed by atoms with van der Waals surface area (Å²) in [5.74, 6) is 0. The minimum Gasteiger partial charge on any atom is -0.397 e. The van der Waals surface area contributed by atoms with Crippen LogP contribution in [0.15, 0.2) is 0 Å². The molecule has 0 aromatic carbocycles. The summed E-state index contributed by atoms with van der Waals surface area (Å²) in [6.45, 7) is 3.86. The number of hydrogen-bond acceptors (Lipinski definition) is 4. The molecule has 0 heterocycles. The number of rotatable bonds is 0. The average Bonchev–Trinajstić information content (AvgIpc) is 1.75. The molecule has 0 aliphatic heterocycles. The third kappa shape index (κ3) is 544. The van der Waals surface area contributed by atoms with Gasteiger partial charge >= 0.3 is 0 Å². The van der Waals surface area contributed by atoms with Gasteiger partial charge in [0.05, 0.1) is 0 Å². The second-order valence-electron chi connectivity index (χ2n) is 0.632. The van der Waals surface area contributed by atoms with Crippen LogP contribution in [-0.4, -0.2) is 23.4 Å². The van der Waals surface area contributed by atoms with Crippen molar-refractivity contribution in [1.82, 2.24) is 0 Å². The topological polar surface area (TPSA) is 40.5 Å². The van der Waals surface area contributed by atoms with Crippen molar-refractivity contribution in [3.63, 3.8) is 0 Å². The molecule has 0 aromatic rings. The van der Waals surface area contributed by atoms with Crippen LogP contribution in [0.25, 0.3) is 0 Å². The molecule has 2 N–H and O–H groups in total. The second-order valence-corrected chi connectivity index (χ2v) is 0.632. The Kier molecular flexibility index (Phi) is 96.4. The van der Waals surface area contributed by atoms with E-state index in [1.54, 1.807) is 13.8 Å². The van der Waals surface area contributed by atoms with Crippen LogP contribution in [0.4, 0.5) is 0 Å². The van der Waals surface area contributed by atoms with Gasteiger partial charge in [0.2, 0.25) is 0 Å². The maximum Gasteiger partial charge on any atom is 0.0402 e. The molecule has 0 saturated carbocycles. The fourth-order valence-corrected chi connectivity index (χ4v) is 0. The Labute approximate surface area is 61.1 Å². The Morgan fingerprint density at radius 3 is 1.00 bits per heavy atom. The van der Waals surface area contributed by atoms with Crippen LogP contribution in [0.3, 0.4) is 0 Å². The smallest absolute Gasteiger partial charge is 0.0402 e. The molecule has 0 amide bonds. The van der Waals surface area contributed by atoms with Gasteiger partial charge in [-0.3, -0.25) is 0 Å². The zero-order chi connectivity index (χ0) is 7.41. The molecule has 0 aliphatic rings. The first kappa shape index (κ1) is 15.8. The van der Waals surface area contributed by atoms with Gasteiger partial charge in [-0.05, 0) is 13.8 Å². The standard InChI is InChI=1S/2C2H6O.H2S2/c2*1-2-3;1-2/h2*3H,2H2,1H3;1-2H. The van der Waals surface area contributed by atoms with E-state index in [-0.39, 0.29) is 13.2 Å². The van der Waals surface area contributed by atoms with Crippen molar-refractivity contribution in [3.05, 3.63) is 0 Å². The van der Waals surface area contributed by atoms with Gasteiger partial charge in [0.25, 0.3) is 0 Å². The maximum absolute atomic E-state index is 7.57. The molecular formula is C4H14O2S2. The van der Waals surface area contributed by atoms with Gasteiger partial charge in [-0.1, -0.05) is 0 Å². The number of aliphatic hydroxyl groups excluding tert-OH is 2. The average molecular weight is 158 g/mol. The Bertz CT molecular complexity index is 14.0. The summed E-state index contributed by atoms with van der Waals surface area (Å²) in [6.07, 6.45) is 0. The summed E-state index contributed by atoms with van der Waals surface area (Å²) in [4.78, 5) is 0. The highest BCUT2D eigenvalue weighted by Gasteiger charge is 1.34. The number of thiol groups is 2. The summed E-state index contributed by atoms with van der Waals surface area (Å²) in [5.41, 5.74) is 0. The molecule has 2 nitrogen and oxygen atoms in total. The van der Waals surface area contributed by atoms with Crippen molar-refractivity contribution in [2.75, 3.05) is 13.2 Å². The lowest BCUT2D eigenvalue weighted by Crippen LogP contribution is -1.57. The summed E-state index contributed by atoms with van der Waals surface area (Å²) >= 11 is 6.44. The molecular weight excluding hydrogens is 144 g/mol. The molecule has 0 aliphatic carbocycles. The maximum atomic E-state index is 7.57. The Balaban J connectivity index is -0.0000000483. The molecule has 0 atom stereocenters. The predicted octanol–water partition coefficient (Wildman–Crippen LogP) is 0.758. The minimum atomic E-state index is 0.250. The van der Waals surface area contributed by atoms with E-state index in [0.29, 0.717) is 0 Å². The molecule has 0 spiro atoms. The third-order valence-corrected chi connectivity index (χ3v) is 0. The van der Waals surface area contributed by atoms with Gasteiger partial charge in [-0.2, -0.15) is 0 Å². The van der Waals surface area contributed by atoms with Crippen molar-refractivity contribution in [1.29, 1.82) is 0 Å². The molecule has 0 saturated heterocycles. The van der Waals surface area contributed by atoms with Gasteiger partial charge in [0.1, 0.15) is 0 Å². The number of hydrogen-bond donors (Lipinski definition) is 4. The van der Waals surface area contributed by atoms with E-state index < -0.39 is 0 Å². The van der Waals surface area contributed by atoms with E-state index in [1.165, 1.54) is 0 Å². The Morgan fingerprint density at radius 2 is 1.00 bits per heavy atom. The summed E-state index contributed by atoms with van der Waals surface area (Å²) in [6, 6.07) is 0. The van der Waals surface area contributed by atoms with Crippen LogP contribution in [0, 0.1) is 0 Å². The van der Waals surface area contributed by atoms with Gasteiger partial charge in [0, 0.05) is 13.2 Å². The van der Waals surface area contributed by atoms with Crippen molar-refractivity contribution < 1.29 is 10.2 Å². The predicted molar refractivity (Wildman–Crippen MR) is 43.5 cm³/mol. The molecule has 0 radical (unpaired) electrons. The van der Waals surface area contributed by atoms with Crippen molar-refractivity contribution in [2.45, 2.75) is 13.8 Å². The molecule has 0 bridgehead atoms. The normalized spacial score (nSPS) is 5.25. The van der Waals surface area contributed by atoms with E-state index in [2.05, 4.69) is 23.3 Å². The lowest BCUT2D eigenvalue weighted by Gasteiger charge is -1.52. The Hall–Kier alpha value is 0.620. The van der Waals surface area contributed by atoms with Crippen molar-refractivity contribution in [2.24, 2.45) is 0 Å². The van der Waals surface area contributed by atoms with E-state index in [1.807, 2.05) is 0 Å². The monoisotopic (exact) mass is 158 g/mol. The summed E-state index contributed by atoms with van der Waals surface area (Å²) < 4.78 is 0. The van der Waals surface area contributed by atoms with E-state index in [9.17, 15) is 0 Å². The fourth-order valence-electron chi connectivity index (χ4n) is 0. The molecule has 0 rings (SSSR count). The largest absolute Gasteiger partial charge is 0.397 e. The minimum absolute atomic E-state index is 0.250. The van der Waals surface area contributed by atoms with Gasteiger partial charge in [-0.25, -0.2) is 0 Å². The van der Waals surface area contributed by atoms with Crippen LogP contribution in [0.5, 0.6) is 0 Å². The Morgan fingerprint density at radius 1 is 1.00 bits per heavy atom. The highest BCUT2D eigenvalue weighted by molar-refractivity contribution is 8.59. The van der Waals surface area contributed by atoms with Crippen LogP contribution >= 0.6 is 23.3 Å². The fraction of sp³-hybridized carbons (Fsp3) is 1.00. The van der Waals surface area contributed by atoms with E-state index in [0.717, 1.165) is 0 Å². The molecule has 0 aromatic heterocycles. The van der Waals surface area contributed by atoms with E-state index >= 15 is 0 Å². The van der Waals surface area contributed by atoms with Crippen molar-refractivity contribution in [3.8, 4) is 0 Å². The second kappa shape index (κ2) is 48.6. The molecule has 4 heteroatoms. The molecule has 0 unspecified atom stereocenters. The summed E-state index contributed by atoms with van der Waals surface area (Å²) in [7, 11) is 0. The zero-order valence-electron chi connectivity index (χ0n) is 5.20. The summed E-state index contributed by atoms with van der Waals surface area (Å²) in [5, 5.41) is 15.1.